The van der Waals surface area contributed by atoms with Crippen LogP contribution in [0.5, 0.6) is 0 Å². The van der Waals surface area contributed by atoms with Gasteiger partial charge in [0.15, 0.2) is 5.78 Å². The van der Waals surface area contributed by atoms with E-state index in [1.807, 2.05) is 67.6 Å². The monoisotopic (exact) mass is 286 g/mol. The predicted molar refractivity (Wildman–Crippen MR) is 91.1 cm³/mol. The van der Waals surface area contributed by atoms with Crippen LogP contribution >= 0.6 is 0 Å². The summed E-state index contributed by atoms with van der Waals surface area (Å²) in [7, 11) is 0. The number of rotatable bonds is 4. The Balaban J connectivity index is 1.82. The third kappa shape index (κ3) is 2.99. The van der Waals surface area contributed by atoms with E-state index in [0.29, 0.717) is 0 Å². The number of Topliss-reactive ketones (excluding diaryl/α,β-unsaturated/α-hetero) is 1. The molecule has 0 bridgehead atoms. The van der Waals surface area contributed by atoms with Gasteiger partial charge in [0.05, 0.1) is 0 Å². The first-order valence-electron chi connectivity index (χ1n) is 7.50. The van der Waals surface area contributed by atoms with Gasteiger partial charge in [0.25, 0.3) is 0 Å². The van der Waals surface area contributed by atoms with Crippen molar-refractivity contribution in [2.45, 2.75) is 12.8 Å². The number of hydrogen-bond acceptors (Lipinski definition) is 1. The molecule has 0 heterocycles. The second kappa shape index (κ2) is 6.40. The molecule has 0 radical (unpaired) electrons. The van der Waals surface area contributed by atoms with E-state index < -0.39 is 0 Å². The van der Waals surface area contributed by atoms with E-state index in [4.69, 9.17) is 0 Å². The molecule has 0 aromatic heterocycles. The maximum Gasteiger partial charge on any atom is 0.170 e. The highest BCUT2D eigenvalue weighted by atomic mass is 16.1. The molecule has 1 nitrogen and oxygen atoms in total. The Bertz CT molecular complexity index is 743. The lowest BCUT2D eigenvalue weighted by atomic mass is 9.91. The van der Waals surface area contributed by atoms with Gasteiger partial charge in [-0.15, -0.1) is 0 Å². The molecule has 0 saturated heterocycles. The Morgan fingerprint density at radius 3 is 1.77 bits per heavy atom. The molecule has 0 aliphatic rings. The standard InChI is InChI=1S/C21H18O/c1-16(21(22)20-10-6-3-7-11-20)17-12-14-19(15-13-17)18-8-4-2-5-9-18/h2-16H,1H3. The second-order valence-electron chi connectivity index (χ2n) is 5.44. The third-order valence-corrected chi connectivity index (χ3v) is 3.97. The summed E-state index contributed by atoms with van der Waals surface area (Å²) in [6.07, 6.45) is 0. The lowest BCUT2D eigenvalue weighted by Crippen LogP contribution is -2.09. The largest absolute Gasteiger partial charge is 0.294 e. The predicted octanol–water partition coefficient (Wildman–Crippen LogP) is 5.34. The van der Waals surface area contributed by atoms with E-state index in [2.05, 4.69) is 24.3 Å². The molecule has 0 saturated carbocycles. The van der Waals surface area contributed by atoms with E-state index >= 15 is 0 Å². The molecule has 1 atom stereocenters. The van der Waals surface area contributed by atoms with E-state index in [9.17, 15) is 4.79 Å². The Morgan fingerprint density at radius 1 is 0.682 bits per heavy atom. The smallest absolute Gasteiger partial charge is 0.170 e. The van der Waals surface area contributed by atoms with Crippen molar-refractivity contribution in [3.8, 4) is 11.1 Å². The van der Waals surface area contributed by atoms with Crippen molar-refractivity contribution >= 4 is 5.78 Å². The summed E-state index contributed by atoms with van der Waals surface area (Å²) in [6.45, 7) is 1.97. The van der Waals surface area contributed by atoms with Gasteiger partial charge in [0, 0.05) is 11.5 Å². The molecule has 1 unspecified atom stereocenters. The van der Waals surface area contributed by atoms with Crippen molar-refractivity contribution < 1.29 is 4.79 Å². The fraction of sp³-hybridized carbons (Fsp3) is 0.0952. The molecular weight excluding hydrogens is 268 g/mol. The van der Waals surface area contributed by atoms with Crippen LogP contribution in [0.25, 0.3) is 11.1 Å². The Hall–Kier alpha value is -2.67. The van der Waals surface area contributed by atoms with Crippen LogP contribution in [-0.2, 0) is 0 Å². The average molecular weight is 286 g/mol. The second-order valence-corrected chi connectivity index (χ2v) is 5.44. The van der Waals surface area contributed by atoms with E-state index in [0.717, 1.165) is 11.1 Å². The molecule has 108 valence electrons. The fourth-order valence-electron chi connectivity index (χ4n) is 2.60. The summed E-state index contributed by atoms with van der Waals surface area (Å²) in [6, 6.07) is 28.0. The van der Waals surface area contributed by atoms with Crippen LogP contribution in [-0.4, -0.2) is 5.78 Å². The molecular formula is C21H18O. The molecule has 3 aromatic carbocycles. The van der Waals surface area contributed by atoms with Gasteiger partial charge < -0.3 is 0 Å². The van der Waals surface area contributed by atoms with Crippen molar-refractivity contribution in [2.24, 2.45) is 0 Å². The topological polar surface area (TPSA) is 17.1 Å². The van der Waals surface area contributed by atoms with Crippen LogP contribution in [0.1, 0.15) is 28.8 Å². The minimum absolute atomic E-state index is 0.132. The zero-order chi connectivity index (χ0) is 15.4. The number of hydrogen-bond donors (Lipinski definition) is 0. The van der Waals surface area contributed by atoms with Gasteiger partial charge in [-0.2, -0.15) is 0 Å². The third-order valence-electron chi connectivity index (χ3n) is 3.97. The summed E-state index contributed by atoms with van der Waals surface area (Å²) in [4.78, 5) is 12.5. The highest BCUT2D eigenvalue weighted by Crippen LogP contribution is 2.24. The molecule has 0 amide bonds. The minimum Gasteiger partial charge on any atom is -0.294 e. The quantitative estimate of drug-likeness (QED) is 0.592. The van der Waals surface area contributed by atoms with Crippen LogP contribution in [0.4, 0.5) is 0 Å². The molecule has 0 aliphatic heterocycles. The average Bonchev–Trinajstić information content (AvgIpc) is 2.62. The zero-order valence-corrected chi connectivity index (χ0v) is 12.6. The van der Waals surface area contributed by atoms with Gasteiger partial charge in [-0.3, -0.25) is 4.79 Å². The van der Waals surface area contributed by atoms with Gasteiger partial charge in [-0.1, -0.05) is 91.9 Å². The lowest BCUT2D eigenvalue weighted by Gasteiger charge is -2.12. The molecule has 0 N–H and O–H groups in total. The van der Waals surface area contributed by atoms with Gasteiger partial charge in [-0.05, 0) is 16.7 Å². The van der Waals surface area contributed by atoms with Gasteiger partial charge >= 0.3 is 0 Å². The van der Waals surface area contributed by atoms with Crippen molar-refractivity contribution in [3.63, 3.8) is 0 Å². The van der Waals surface area contributed by atoms with Crippen LogP contribution in [0.3, 0.4) is 0 Å². The molecule has 0 spiro atoms. The lowest BCUT2D eigenvalue weighted by molar-refractivity contribution is 0.0966. The first kappa shape index (κ1) is 14.3. The van der Waals surface area contributed by atoms with E-state index in [1.165, 1.54) is 11.1 Å². The summed E-state index contributed by atoms with van der Waals surface area (Å²) < 4.78 is 0. The summed E-state index contributed by atoms with van der Waals surface area (Å²) in [5.41, 5.74) is 4.18. The van der Waals surface area contributed by atoms with Gasteiger partial charge in [0.2, 0.25) is 0 Å². The maximum absolute atomic E-state index is 12.5. The van der Waals surface area contributed by atoms with Gasteiger partial charge in [0.1, 0.15) is 0 Å². The van der Waals surface area contributed by atoms with Crippen LogP contribution < -0.4 is 0 Å². The first-order valence-corrected chi connectivity index (χ1v) is 7.50. The highest BCUT2D eigenvalue weighted by Gasteiger charge is 2.16. The zero-order valence-electron chi connectivity index (χ0n) is 12.6. The fourth-order valence-corrected chi connectivity index (χ4v) is 2.60. The van der Waals surface area contributed by atoms with Crippen LogP contribution in [0.15, 0.2) is 84.9 Å². The Labute approximate surface area is 131 Å². The van der Waals surface area contributed by atoms with Crippen LogP contribution in [0.2, 0.25) is 0 Å². The number of carbonyl (C=O) groups excluding carboxylic acids is 1. The minimum atomic E-state index is -0.132. The molecule has 3 rings (SSSR count). The molecule has 1 heteroatoms. The SMILES string of the molecule is CC(C(=O)c1ccccc1)c1ccc(-c2ccccc2)cc1. The maximum atomic E-state index is 12.5. The van der Waals surface area contributed by atoms with Crippen molar-refractivity contribution in [2.75, 3.05) is 0 Å². The number of carbonyl (C=O) groups is 1. The molecule has 0 fully saturated rings. The van der Waals surface area contributed by atoms with E-state index in [1.54, 1.807) is 0 Å². The Kier molecular flexibility index (Phi) is 4.15. The molecule has 3 aromatic rings. The summed E-state index contributed by atoms with van der Waals surface area (Å²) in [5, 5.41) is 0. The van der Waals surface area contributed by atoms with Crippen molar-refractivity contribution in [1.82, 2.24) is 0 Å². The Morgan fingerprint density at radius 2 is 1.18 bits per heavy atom. The van der Waals surface area contributed by atoms with Crippen LogP contribution in [0, 0.1) is 0 Å². The molecule has 22 heavy (non-hydrogen) atoms. The van der Waals surface area contributed by atoms with E-state index in [-0.39, 0.29) is 11.7 Å². The van der Waals surface area contributed by atoms with Gasteiger partial charge in [-0.25, -0.2) is 0 Å². The first-order chi connectivity index (χ1) is 10.8. The van der Waals surface area contributed by atoms with Crippen molar-refractivity contribution in [3.05, 3.63) is 96.1 Å². The summed E-state index contributed by atoms with van der Waals surface area (Å²) in [5.74, 6) is 0.0280. The number of ketones is 1. The molecule has 0 aliphatic carbocycles. The normalized spacial score (nSPS) is 11.9. The highest BCUT2D eigenvalue weighted by molar-refractivity contribution is 6.00. The number of benzene rings is 3. The van der Waals surface area contributed by atoms with Crippen molar-refractivity contribution in [1.29, 1.82) is 0 Å². The summed E-state index contributed by atoms with van der Waals surface area (Å²) >= 11 is 0.